The maximum Gasteiger partial charge on any atom is 0.0547 e. The number of hydrogen-bond donors (Lipinski definition) is 1. The normalized spacial score (nSPS) is 19.8. The van der Waals surface area contributed by atoms with Gasteiger partial charge in [-0.3, -0.25) is 9.88 Å². The third kappa shape index (κ3) is 5.40. The fraction of sp³-hybridized carbons (Fsp3) is 0.722. The Balaban J connectivity index is 1.92. The highest BCUT2D eigenvalue weighted by molar-refractivity contribution is 5.11. The summed E-state index contributed by atoms with van der Waals surface area (Å²) in [5, 5.41) is 3.44. The van der Waals surface area contributed by atoms with E-state index in [4.69, 9.17) is 4.98 Å². The summed E-state index contributed by atoms with van der Waals surface area (Å²) in [7, 11) is 0. The molecule has 1 saturated heterocycles. The van der Waals surface area contributed by atoms with E-state index in [2.05, 4.69) is 42.3 Å². The van der Waals surface area contributed by atoms with Crippen molar-refractivity contribution in [2.24, 2.45) is 0 Å². The van der Waals surface area contributed by atoms with Gasteiger partial charge in [0.25, 0.3) is 0 Å². The lowest BCUT2D eigenvalue weighted by Crippen LogP contribution is -2.39. The Morgan fingerprint density at radius 2 is 2.05 bits per heavy atom. The minimum absolute atomic E-state index is 0.771. The van der Waals surface area contributed by atoms with Crippen molar-refractivity contribution in [3.8, 4) is 0 Å². The van der Waals surface area contributed by atoms with Gasteiger partial charge in [-0.15, -0.1) is 0 Å². The molecule has 0 aromatic carbocycles. The summed E-state index contributed by atoms with van der Waals surface area (Å²) in [6, 6.07) is 7.24. The van der Waals surface area contributed by atoms with E-state index in [1.54, 1.807) is 0 Å². The molecular weight excluding hydrogens is 258 g/mol. The molecule has 0 bridgehead atoms. The molecule has 1 aromatic rings. The molecule has 0 radical (unpaired) electrons. The summed E-state index contributed by atoms with van der Waals surface area (Å²) < 4.78 is 0. The van der Waals surface area contributed by atoms with Crippen LogP contribution in [0.4, 0.5) is 0 Å². The van der Waals surface area contributed by atoms with E-state index in [0.717, 1.165) is 25.7 Å². The second-order valence-electron chi connectivity index (χ2n) is 6.21. The van der Waals surface area contributed by atoms with E-state index < -0.39 is 0 Å². The second kappa shape index (κ2) is 9.16. The van der Waals surface area contributed by atoms with Gasteiger partial charge in [-0.1, -0.05) is 32.8 Å². The number of hydrogen-bond acceptors (Lipinski definition) is 3. The molecule has 1 atom stereocenters. The Bertz CT molecular complexity index is 403. The van der Waals surface area contributed by atoms with Crippen LogP contribution >= 0.6 is 0 Å². The smallest absolute Gasteiger partial charge is 0.0547 e. The molecule has 2 rings (SSSR count). The van der Waals surface area contributed by atoms with E-state index in [1.807, 2.05) is 0 Å². The Morgan fingerprint density at radius 1 is 1.19 bits per heavy atom. The van der Waals surface area contributed by atoms with Crippen molar-refractivity contribution in [2.75, 3.05) is 13.1 Å². The number of aromatic nitrogens is 1. The van der Waals surface area contributed by atoms with E-state index >= 15 is 0 Å². The van der Waals surface area contributed by atoms with E-state index in [0.29, 0.717) is 0 Å². The number of nitrogens with one attached hydrogen (secondary N) is 1. The highest BCUT2D eigenvalue weighted by Gasteiger charge is 2.21. The highest BCUT2D eigenvalue weighted by Crippen LogP contribution is 2.22. The molecule has 118 valence electrons. The summed E-state index contributed by atoms with van der Waals surface area (Å²) in [5.41, 5.74) is 2.40. The number of pyridine rings is 1. The molecule has 1 fully saturated rings. The average molecular weight is 289 g/mol. The number of piperidine rings is 1. The Kier molecular flexibility index (Phi) is 7.17. The lowest BCUT2D eigenvalue weighted by atomic mass is 9.98. The molecule has 1 aliphatic rings. The second-order valence-corrected chi connectivity index (χ2v) is 6.21. The summed E-state index contributed by atoms with van der Waals surface area (Å²) in [5.74, 6) is 0. The van der Waals surface area contributed by atoms with E-state index in [1.165, 1.54) is 56.5 Å². The van der Waals surface area contributed by atoms with Crippen molar-refractivity contribution in [1.29, 1.82) is 0 Å². The van der Waals surface area contributed by atoms with Crippen molar-refractivity contribution < 1.29 is 0 Å². The van der Waals surface area contributed by atoms with Gasteiger partial charge in [-0.25, -0.2) is 0 Å². The summed E-state index contributed by atoms with van der Waals surface area (Å²) in [6.07, 6.45) is 7.90. The standard InChI is InChI=1S/C18H31N3/c1-3-8-18-11-5-6-13-21(18)15-17-10-7-9-16(20-17)14-19-12-4-2/h7,9-10,18-19H,3-6,8,11-15H2,1-2H3. The number of rotatable bonds is 8. The van der Waals surface area contributed by atoms with Crippen LogP contribution in [0, 0.1) is 0 Å². The third-order valence-electron chi connectivity index (χ3n) is 4.33. The van der Waals surface area contributed by atoms with Crippen LogP contribution in [0.5, 0.6) is 0 Å². The predicted octanol–water partition coefficient (Wildman–Crippen LogP) is 3.74. The van der Waals surface area contributed by atoms with E-state index in [-0.39, 0.29) is 0 Å². The zero-order valence-corrected chi connectivity index (χ0v) is 13.8. The minimum atomic E-state index is 0.771. The van der Waals surface area contributed by atoms with Crippen LogP contribution in [-0.4, -0.2) is 29.0 Å². The SMILES string of the molecule is CCCNCc1cccc(CN2CCCCC2CCC)n1. The van der Waals surface area contributed by atoms with Crippen molar-refractivity contribution >= 4 is 0 Å². The van der Waals surface area contributed by atoms with Gasteiger partial charge in [-0.2, -0.15) is 0 Å². The molecule has 0 spiro atoms. The Labute approximate surface area is 130 Å². The van der Waals surface area contributed by atoms with Gasteiger partial charge >= 0.3 is 0 Å². The first-order valence-corrected chi connectivity index (χ1v) is 8.73. The Hall–Kier alpha value is -0.930. The van der Waals surface area contributed by atoms with Gasteiger partial charge < -0.3 is 5.32 Å². The maximum atomic E-state index is 4.83. The number of likely N-dealkylation sites (tertiary alicyclic amines) is 1. The monoisotopic (exact) mass is 289 g/mol. The summed E-state index contributed by atoms with van der Waals surface area (Å²) in [4.78, 5) is 7.48. The largest absolute Gasteiger partial charge is 0.311 e. The molecule has 2 heterocycles. The molecule has 1 unspecified atom stereocenters. The van der Waals surface area contributed by atoms with Crippen LogP contribution in [0.15, 0.2) is 18.2 Å². The quantitative estimate of drug-likeness (QED) is 0.739. The zero-order chi connectivity index (χ0) is 14.9. The first kappa shape index (κ1) is 16.4. The van der Waals surface area contributed by atoms with E-state index in [9.17, 15) is 0 Å². The van der Waals surface area contributed by atoms with Crippen LogP contribution in [0.2, 0.25) is 0 Å². The molecule has 0 amide bonds. The lowest BCUT2D eigenvalue weighted by molar-refractivity contribution is 0.130. The van der Waals surface area contributed by atoms with Crippen molar-refractivity contribution in [1.82, 2.24) is 15.2 Å². The number of nitrogens with zero attached hydrogens (tertiary/aromatic N) is 2. The van der Waals surface area contributed by atoms with Gasteiger partial charge in [0.15, 0.2) is 0 Å². The minimum Gasteiger partial charge on any atom is -0.311 e. The lowest BCUT2D eigenvalue weighted by Gasteiger charge is -2.35. The molecule has 0 saturated carbocycles. The molecule has 3 nitrogen and oxygen atoms in total. The topological polar surface area (TPSA) is 28.2 Å². The van der Waals surface area contributed by atoms with Gasteiger partial charge in [0, 0.05) is 19.1 Å². The molecule has 1 N–H and O–H groups in total. The first-order chi connectivity index (χ1) is 10.3. The summed E-state index contributed by atoms with van der Waals surface area (Å²) in [6.45, 7) is 8.71. The van der Waals surface area contributed by atoms with Crippen LogP contribution < -0.4 is 5.32 Å². The molecule has 1 aliphatic heterocycles. The van der Waals surface area contributed by atoms with Gasteiger partial charge in [-0.05, 0) is 50.9 Å². The van der Waals surface area contributed by atoms with Crippen molar-refractivity contribution in [3.05, 3.63) is 29.6 Å². The molecule has 0 aliphatic carbocycles. The van der Waals surface area contributed by atoms with Crippen LogP contribution in [0.25, 0.3) is 0 Å². The Morgan fingerprint density at radius 3 is 2.86 bits per heavy atom. The van der Waals surface area contributed by atoms with Gasteiger partial charge in [0.05, 0.1) is 11.4 Å². The average Bonchev–Trinajstić information content (AvgIpc) is 2.50. The fourth-order valence-corrected chi connectivity index (χ4v) is 3.25. The fourth-order valence-electron chi connectivity index (χ4n) is 3.25. The van der Waals surface area contributed by atoms with Crippen LogP contribution in [0.1, 0.15) is 63.8 Å². The van der Waals surface area contributed by atoms with Crippen molar-refractivity contribution in [2.45, 2.75) is 71.5 Å². The van der Waals surface area contributed by atoms with Gasteiger partial charge in [0.2, 0.25) is 0 Å². The predicted molar refractivity (Wildman–Crippen MR) is 89.2 cm³/mol. The first-order valence-electron chi connectivity index (χ1n) is 8.73. The molecule has 1 aromatic heterocycles. The summed E-state index contributed by atoms with van der Waals surface area (Å²) >= 11 is 0. The van der Waals surface area contributed by atoms with Gasteiger partial charge in [0.1, 0.15) is 0 Å². The maximum absolute atomic E-state index is 4.83. The molecule has 21 heavy (non-hydrogen) atoms. The molecular formula is C18H31N3. The highest BCUT2D eigenvalue weighted by atomic mass is 15.2. The molecule has 3 heteroatoms. The third-order valence-corrected chi connectivity index (χ3v) is 4.33. The van der Waals surface area contributed by atoms with Crippen LogP contribution in [-0.2, 0) is 13.1 Å². The zero-order valence-electron chi connectivity index (χ0n) is 13.8. The van der Waals surface area contributed by atoms with Crippen LogP contribution in [0.3, 0.4) is 0 Å². The van der Waals surface area contributed by atoms with Crippen molar-refractivity contribution in [3.63, 3.8) is 0 Å².